The molecule has 1 N–H and O–H groups in total. The van der Waals surface area contributed by atoms with Gasteiger partial charge in [0, 0.05) is 30.6 Å². The summed E-state index contributed by atoms with van der Waals surface area (Å²) in [5.41, 5.74) is 1.28. The zero-order valence-corrected chi connectivity index (χ0v) is 22.6. The maximum absolute atomic E-state index is 13.9. The van der Waals surface area contributed by atoms with E-state index < -0.39 is 46.1 Å². The van der Waals surface area contributed by atoms with E-state index in [1.54, 1.807) is 18.2 Å². The van der Waals surface area contributed by atoms with Gasteiger partial charge in [-0.05, 0) is 35.4 Å². The van der Waals surface area contributed by atoms with Crippen LogP contribution in [0.2, 0.25) is 0 Å². The van der Waals surface area contributed by atoms with Gasteiger partial charge >= 0.3 is 0 Å². The van der Waals surface area contributed by atoms with E-state index in [2.05, 4.69) is 21.2 Å². The summed E-state index contributed by atoms with van der Waals surface area (Å²) < 4.78 is 54.1. The van der Waals surface area contributed by atoms with Gasteiger partial charge in [0.1, 0.15) is 12.6 Å². The number of likely N-dealkylation sites (N-methyl/N-ethyl adjacent to an activating group) is 1. The van der Waals surface area contributed by atoms with Crippen molar-refractivity contribution in [3.05, 3.63) is 100 Å². The van der Waals surface area contributed by atoms with Crippen molar-refractivity contribution in [3.63, 3.8) is 0 Å². The van der Waals surface area contributed by atoms with E-state index in [-0.39, 0.29) is 18.7 Å². The highest BCUT2D eigenvalue weighted by Gasteiger charge is 2.32. The molecule has 196 valence electrons. The molecular weight excluding hydrogens is 568 g/mol. The molecule has 11 heteroatoms. The molecule has 0 aromatic heterocycles. The maximum Gasteiger partial charge on any atom is 0.244 e. The van der Waals surface area contributed by atoms with E-state index in [1.165, 1.54) is 11.9 Å². The van der Waals surface area contributed by atoms with E-state index in [1.807, 2.05) is 36.4 Å². The summed E-state index contributed by atoms with van der Waals surface area (Å²) >= 11 is 3.40. The lowest BCUT2D eigenvalue weighted by atomic mass is 10.0. The van der Waals surface area contributed by atoms with Crippen LogP contribution < -0.4 is 9.62 Å². The van der Waals surface area contributed by atoms with Gasteiger partial charge in [-0.25, -0.2) is 17.2 Å². The topological polar surface area (TPSA) is 86.8 Å². The number of nitrogens with zero attached hydrogens (tertiary/aromatic N) is 2. The number of benzene rings is 3. The number of hydrogen-bond donors (Lipinski definition) is 1. The number of amides is 2. The van der Waals surface area contributed by atoms with Crippen molar-refractivity contribution >= 4 is 43.5 Å². The summed E-state index contributed by atoms with van der Waals surface area (Å²) in [6.45, 7) is -0.723. The van der Waals surface area contributed by atoms with Crippen LogP contribution in [0.1, 0.15) is 11.1 Å². The Morgan fingerprint density at radius 1 is 0.946 bits per heavy atom. The predicted octanol–water partition coefficient (Wildman–Crippen LogP) is 3.88. The van der Waals surface area contributed by atoms with E-state index >= 15 is 0 Å². The van der Waals surface area contributed by atoms with Crippen molar-refractivity contribution in [1.29, 1.82) is 0 Å². The highest BCUT2D eigenvalue weighted by Crippen LogP contribution is 2.23. The van der Waals surface area contributed by atoms with Gasteiger partial charge < -0.3 is 10.2 Å². The molecule has 0 fully saturated rings. The van der Waals surface area contributed by atoms with Crippen LogP contribution in [0.3, 0.4) is 0 Å². The van der Waals surface area contributed by atoms with Crippen LogP contribution in [0.25, 0.3) is 0 Å². The molecule has 0 heterocycles. The summed E-state index contributed by atoms with van der Waals surface area (Å²) in [4.78, 5) is 28.0. The van der Waals surface area contributed by atoms with Crippen molar-refractivity contribution in [2.75, 3.05) is 24.2 Å². The predicted molar refractivity (Wildman–Crippen MR) is 141 cm³/mol. The van der Waals surface area contributed by atoms with Crippen molar-refractivity contribution in [3.8, 4) is 0 Å². The van der Waals surface area contributed by atoms with E-state index in [0.717, 1.165) is 28.4 Å². The molecule has 0 unspecified atom stereocenters. The van der Waals surface area contributed by atoms with Crippen molar-refractivity contribution in [2.24, 2.45) is 0 Å². The number of hydrogen-bond acceptors (Lipinski definition) is 4. The van der Waals surface area contributed by atoms with Crippen LogP contribution in [0.5, 0.6) is 0 Å². The monoisotopic (exact) mass is 593 g/mol. The van der Waals surface area contributed by atoms with Gasteiger partial charge in [-0.2, -0.15) is 0 Å². The second-order valence-electron chi connectivity index (χ2n) is 8.34. The summed E-state index contributed by atoms with van der Waals surface area (Å²) in [6.07, 6.45) is 1.03. The Morgan fingerprint density at radius 2 is 1.62 bits per heavy atom. The van der Waals surface area contributed by atoms with Crippen molar-refractivity contribution in [2.45, 2.75) is 19.0 Å². The molecule has 0 aliphatic carbocycles. The number of halogens is 3. The van der Waals surface area contributed by atoms with Gasteiger partial charge in [-0.1, -0.05) is 58.4 Å². The molecule has 0 radical (unpaired) electrons. The molecule has 0 bridgehead atoms. The standard InChI is InChI=1S/C26H26BrF2N3O4S/c1-30-26(34)24(14-18-7-4-3-5-8-18)31(16-19-9-6-10-20(27)13-19)25(33)17-32(37(2,35)36)21-11-12-22(28)23(29)15-21/h3-13,15,24H,14,16-17H2,1-2H3,(H,30,34)/t24-/m1/s1. The zero-order valence-electron chi connectivity index (χ0n) is 20.2. The lowest BCUT2D eigenvalue weighted by Gasteiger charge is -2.33. The van der Waals surface area contributed by atoms with E-state index in [9.17, 15) is 26.8 Å². The van der Waals surface area contributed by atoms with E-state index in [0.29, 0.717) is 15.9 Å². The Hall–Kier alpha value is -3.31. The van der Waals surface area contributed by atoms with Gasteiger partial charge in [0.25, 0.3) is 0 Å². The second-order valence-corrected chi connectivity index (χ2v) is 11.2. The van der Waals surface area contributed by atoms with Crippen LogP contribution >= 0.6 is 15.9 Å². The first-order valence-corrected chi connectivity index (χ1v) is 13.9. The minimum absolute atomic E-state index is 0.00141. The number of rotatable bonds is 10. The third kappa shape index (κ3) is 7.59. The number of anilines is 1. The number of nitrogens with one attached hydrogen (secondary N) is 1. The molecule has 7 nitrogen and oxygen atoms in total. The maximum atomic E-state index is 13.9. The average molecular weight is 594 g/mol. The van der Waals surface area contributed by atoms with Crippen LogP contribution in [0.15, 0.2) is 77.3 Å². The lowest BCUT2D eigenvalue weighted by Crippen LogP contribution is -2.52. The normalized spacial score (nSPS) is 12.0. The Kier molecular flexibility index (Phi) is 9.39. The summed E-state index contributed by atoms with van der Waals surface area (Å²) in [5.74, 6) is -3.54. The average Bonchev–Trinajstić information content (AvgIpc) is 2.86. The molecule has 0 aliphatic heterocycles. The SMILES string of the molecule is CNC(=O)[C@@H](Cc1ccccc1)N(Cc1cccc(Br)c1)C(=O)CN(c1ccc(F)c(F)c1)S(C)(=O)=O. The fraction of sp³-hybridized carbons (Fsp3) is 0.231. The van der Waals surface area contributed by atoms with Crippen LogP contribution in [0, 0.1) is 11.6 Å². The van der Waals surface area contributed by atoms with Crippen molar-refractivity contribution < 1.29 is 26.8 Å². The fourth-order valence-corrected chi connectivity index (χ4v) is 5.09. The summed E-state index contributed by atoms with van der Waals surface area (Å²) in [7, 11) is -2.63. The Morgan fingerprint density at radius 3 is 2.22 bits per heavy atom. The summed E-state index contributed by atoms with van der Waals surface area (Å²) in [5, 5.41) is 2.58. The van der Waals surface area contributed by atoms with Crippen molar-refractivity contribution in [1.82, 2.24) is 10.2 Å². The van der Waals surface area contributed by atoms with Gasteiger partial charge in [0.05, 0.1) is 11.9 Å². The largest absolute Gasteiger partial charge is 0.357 e. The number of carbonyl (C=O) groups excluding carboxylic acids is 2. The molecule has 0 aliphatic rings. The molecule has 0 saturated carbocycles. The van der Waals surface area contributed by atoms with Crippen LogP contribution in [-0.4, -0.2) is 51.0 Å². The molecule has 3 aromatic rings. The first-order chi connectivity index (χ1) is 17.5. The smallest absolute Gasteiger partial charge is 0.244 e. The quantitative estimate of drug-likeness (QED) is 0.386. The highest BCUT2D eigenvalue weighted by molar-refractivity contribution is 9.10. The van der Waals surface area contributed by atoms with Crippen LogP contribution in [0.4, 0.5) is 14.5 Å². The zero-order chi connectivity index (χ0) is 27.2. The molecule has 37 heavy (non-hydrogen) atoms. The first kappa shape index (κ1) is 28.3. The van der Waals surface area contributed by atoms with Gasteiger partial charge in [-0.3, -0.25) is 13.9 Å². The third-order valence-corrected chi connectivity index (χ3v) is 7.26. The minimum Gasteiger partial charge on any atom is -0.357 e. The molecule has 1 atom stereocenters. The third-order valence-electron chi connectivity index (χ3n) is 5.63. The minimum atomic E-state index is -4.08. The van der Waals surface area contributed by atoms with E-state index in [4.69, 9.17) is 0 Å². The second kappa shape index (κ2) is 12.3. The Balaban J connectivity index is 2.04. The van der Waals surface area contributed by atoms with Gasteiger partial charge in [0.15, 0.2) is 11.6 Å². The Bertz CT molecular complexity index is 1370. The molecular formula is C26H26BrF2N3O4S. The molecule has 2 amide bonds. The number of sulfonamides is 1. The molecule has 0 saturated heterocycles. The molecule has 3 rings (SSSR count). The number of carbonyl (C=O) groups is 2. The first-order valence-electron chi connectivity index (χ1n) is 11.2. The lowest BCUT2D eigenvalue weighted by molar-refractivity contribution is -0.139. The van der Waals surface area contributed by atoms with Gasteiger partial charge in [-0.15, -0.1) is 0 Å². The molecule has 3 aromatic carbocycles. The fourth-order valence-electron chi connectivity index (χ4n) is 3.81. The molecule has 0 spiro atoms. The Labute approximate surface area is 223 Å². The highest BCUT2D eigenvalue weighted by atomic mass is 79.9. The van der Waals surface area contributed by atoms with Crippen LogP contribution in [-0.2, 0) is 32.6 Å². The van der Waals surface area contributed by atoms with Gasteiger partial charge in [0.2, 0.25) is 21.8 Å². The summed E-state index contributed by atoms with van der Waals surface area (Å²) in [6, 6.07) is 17.8.